The van der Waals surface area contributed by atoms with Gasteiger partial charge in [0.15, 0.2) is 4.96 Å². The molecule has 30 heavy (non-hydrogen) atoms. The number of nitrogens with zero attached hydrogens (tertiary/aromatic N) is 2. The molecule has 1 N–H and O–H groups in total. The fourth-order valence-electron chi connectivity index (χ4n) is 3.18. The Morgan fingerprint density at radius 2 is 1.90 bits per heavy atom. The number of anilines is 1. The van der Waals surface area contributed by atoms with Gasteiger partial charge in [-0.15, -0.1) is 22.7 Å². The van der Waals surface area contributed by atoms with Crippen LogP contribution < -0.4 is 5.32 Å². The zero-order valence-corrected chi connectivity index (χ0v) is 18.1. The maximum absolute atomic E-state index is 13.4. The van der Waals surface area contributed by atoms with Crippen LogP contribution in [0.15, 0.2) is 36.7 Å². The molecule has 3 aromatic heterocycles. The maximum atomic E-state index is 13.4. The van der Waals surface area contributed by atoms with Gasteiger partial charge < -0.3 is 10.1 Å². The van der Waals surface area contributed by atoms with Gasteiger partial charge >= 0.3 is 5.97 Å². The quantitative estimate of drug-likeness (QED) is 0.424. The lowest BCUT2D eigenvalue weighted by molar-refractivity contribution is 0.0529. The predicted octanol–water partition coefficient (Wildman–Crippen LogP) is 5.31. The van der Waals surface area contributed by atoms with Crippen LogP contribution in [0.1, 0.15) is 37.5 Å². The van der Waals surface area contributed by atoms with Gasteiger partial charge in [0.25, 0.3) is 5.91 Å². The first kappa shape index (κ1) is 20.2. The van der Waals surface area contributed by atoms with Crippen molar-refractivity contribution in [3.05, 3.63) is 63.5 Å². The lowest BCUT2D eigenvalue weighted by Gasteiger charge is -2.08. The Morgan fingerprint density at radius 1 is 1.17 bits per heavy atom. The van der Waals surface area contributed by atoms with Crippen LogP contribution in [-0.2, 0) is 4.74 Å². The van der Waals surface area contributed by atoms with Crippen molar-refractivity contribution in [3.63, 3.8) is 0 Å². The molecule has 1 amide bonds. The molecule has 154 valence electrons. The van der Waals surface area contributed by atoms with E-state index in [0.29, 0.717) is 16.1 Å². The van der Waals surface area contributed by atoms with Crippen LogP contribution in [0.4, 0.5) is 9.39 Å². The van der Waals surface area contributed by atoms with Crippen molar-refractivity contribution >= 4 is 44.5 Å². The second kappa shape index (κ2) is 8.00. The molecule has 0 radical (unpaired) electrons. The second-order valence-corrected chi connectivity index (χ2v) is 9.01. The number of fused-ring (bicyclic) bond motifs is 1. The largest absolute Gasteiger partial charge is 0.462 e. The molecular weight excluding hydrogens is 425 g/mol. The lowest BCUT2D eigenvalue weighted by Crippen LogP contribution is -2.15. The molecular formula is C21H18FN3O3S2. The number of aromatic nitrogens is 2. The molecule has 0 fully saturated rings. The molecule has 3 heterocycles. The Hall–Kier alpha value is -3.04. The third-order valence-electron chi connectivity index (χ3n) is 4.43. The van der Waals surface area contributed by atoms with Crippen molar-refractivity contribution in [1.82, 2.24) is 9.38 Å². The molecule has 1 aromatic carbocycles. The summed E-state index contributed by atoms with van der Waals surface area (Å²) >= 11 is 2.76. The van der Waals surface area contributed by atoms with Crippen molar-refractivity contribution in [2.75, 3.05) is 11.9 Å². The van der Waals surface area contributed by atoms with Crippen LogP contribution >= 0.6 is 22.7 Å². The van der Waals surface area contributed by atoms with E-state index in [0.717, 1.165) is 14.7 Å². The van der Waals surface area contributed by atoms with Gasteiger partial charge in [-0.05, 0) is 38.5 Å². The fourth-order valence-corrected chi connectivity index (χ4v) is 5.05. The Bertz CT molecular complexity index is 1220. The highest BCUT2D eigenvalue weighted by atomic mass is 32.1. The number of hydrogen-bond donors (Lipinski definition) is 1. The molecule has 9 heteroatoms. The minimum absolute atomic E-state index is 0.195. The number of hydrogen-bond acceptors (Lipinski definition) is 6. The van der Waals surface area contributed by atoms with Crippen LogP contribution in [0, 0.1) is 19.7 Å². The van der Waals surface area contributed by atoms with E-state index in [9.17, 15) is 14.0 Å². The molecule has 4 aromatic rings. The second-order valence-electron chi connectivity index (χ2n) is 6.58. The van der Waals surface area contributed by atoms with Crippen LogP contribution in [0.3, 0.4) is 0 Å². The predicted molar refractivity (Wildman–Crippen MR) is 116 cm³/mol. The number of ether oxygens (including phenoxy) is 1. The van der Waals surface area contributed by atoms with Gasteiger partial charge in [0.05, 0.1) is 6.61 Å². The van der Waals surface area contributed by atoms with Crippen LogP contribution in [0.2, 0.25) is 0 Å². The number of aryl methyl sites for hydroxylation is 2. The number of halogens is 1. The molecule has 0 saturated heterocycles. The van der Waals surface area contributed by atoms with E-state index in [2.05, 4.69) is 10.3 Å². The van der Waals surface area contributed by atoms with Gasteiger partial charge in [-0.2, -0.15) is 0 Å². The van der Waals surface area contributed by atoms with Gasteiger partial charge in [0, 0.05) is 27.7 Å². The number of esters is 1. The average Bonchev–Trinajstić information content (AvgIpc) is 3.33. The first-order valence-corrected chi connectivity index (χ1v) is 10.8. The Labute approximate surface area is 180 Å². The minimum Gasteiger partial charge on any atom is -0.462 e. The fraction of sp³-hybridized carbons (Fsp3) is 0.190. The van der Waals surface area contributed by atoms with E-state index in [1.165, 1.54) is 34.8 Å². The van der Waals surface area contributed by atoms with Crippen molar-refractivity contribution in [3.8, 4) is 11.1 Å². The third-order valence-corrected chi connectivity index (χ3v) is 6.36. The Balaban J connectivity index is 1.73. The van der Waals surface area contributed by atoms with Gasteiger partial charge in [-0.1, -0.05) is 12.1 Å². The van der Waals surface area contributed by atoms with Crippen molar-refractivity contribution in [2.24, 2.45) is 0 Å². The first-order chi connectivity index (χ1) is 14.4. The summed E-state index contributed by atoms with van der Waals surface area (Å²) in [6.07, 6.45) is 3.55. The summed E-state index contributed by atoms with van der Waals surface area (Å²) < 4.78 is 20.4. The van der Waals surface area contributed by atoms with Gasteiger partial charge in [-0.25, -0.2) is 14.2 Å². The van der Waals surface area contributed by atoms with E-state index in [1.807, 2.05) is 20.0 Å². The molecule has 0 aliphatic rings. The zero-order chi connectivity index (χ0) is 21.4. The molecule has 0 aliphatic heterocycles. The van der Waals surface area contributed by atoms with E-state index in [-0.39, 0.29) is 23.7 Å². The molecule has 0 atom stereocenters. The molecule has 6 nitrogen and oxygen atoms in total. The highest BCUT2D eigenvalue weighted by Gasteiger charge is 2.26. The standard InChI is InChI=1S/C21H18FN3O3S2/c1-4-28-20(27)17-16(13-5-7-14(22)8-6-13)12(3)30-19(17)24-18(26)15-10-25-9-11(2)29-21(25)23-15/h5-10H,4H2,1-3H3,(H,24,26). The summed E-state index contributed by atoms with van der Waals surface area (Å²) in [7, 11) is 0. The summed E-state index contributed by atoms with van der Waals surface area (Å²) in [4.78, 5) is 32.5. The smallest absolute Gasteiger partial charge is 0.341 e. The van der Waals surface area contributed by atoms with Crippen molar-refractivity contribution in [1.29, 1.82) is 0 Å². The minimum atomic E-state index is -0.544. The number of benzene rings is 1. The van der Waals surface area contributed by atoms with E-state index >= 15 is 0 Å². The van der Waals surface area contributed by atoms with Gasteiger partial charge in [0.2, 0.25) is 0 Å². The van der Waals surface area contributed by atoms with Crippen molar-refractivity contribution < 1.29 is 18.7 Å². The lowest BCUT2D eigenvalue weighted by atomic mass is 10.0. The number of carbonyl (C=O) groups excluding carboxylic acids is 2. The number of imidazole rings is 1. The number of carbonyl (C=O) groups is 2. The topological polar surface area (TPSA) is 72.7 Å². The molecule has 0 aliphatic carbocycles. The molecule has 0 spiro atoms. The first-order valence-electron chi connectivity index (χ1n) is 9.20. The number of nitrogens with one attached hydrogen (secondary N) is 1. The summed E-state index contributed by atoms with van der Waals surface area (Å²) in [6.45, 7) is 5.72. The maximum Gasteiger partial charge on any atom is 0.341 e. The number of rotatable bonds is 5. The summed E-state index contributed by atoms with van der Waals surface area (Å²) in [5.74, 6) is -1.33. The van der Waals surface area contributed by atoms with E-state index in [4.69, 9.17) is 4.74 Å². The number of thiazole rings is 1. The third kappa shape index (κ3) is 3.73. The zero-order valence-electron chi connectivity index (χ0n) is 16.5. The monoisotopic (exact) mass is 443 g/mol. The highest BCUT2D eigenvalue weighted by molar-refractivity contribution is 7.17. The van der Waals surface area contributed by atoms with Crippen molar-refractivity contribution in [2.45, 2.75) is 20.8 Å². The molecule has 0 unspecified atom stereocenters. The molecule has 4 rings (SSSR count). The summed E-state index contributed by atoms with van der Waals surface area (Å²) in [6, 6.07) is 5.87. The highest BCUT2D eigenvalue weighted by Crippen LogP contribution is 2.40. The van der Waals surface area contributed by atoms with Crippen LogP contribution in [0.5, 0.6) is 0 Å². The SMILES string of the molecule is CCOC(=O)c1c(NC(=O)c2cn3cc(C)sc3n2)sc(C)c1-c1ccc(F)cc1. The van der Waals surface area contributed by atoms with Crippen LogP contribution in [-0.4, -0.2) is 27.9 Å². The number of thiophene rings is 1. The van der Waals surface area contributed by atoms with Gasteiger partial charge in [-0.3, -0.25) is 9.20 Å². The van der Waals surface area contributed by atoms with Gasteiger partial charge in [0.1, 0.15) is 22.1 Å². The van der Waals surface area contributed by atoms with Crippen LogP contribution in [0.25, 0.3) is 16.1 Å². The summed E-state index contributed by atoms with van der Waals surface area (Å²) in [5, 5.41) is 3.18. The van der Waals surface area contributed by atoms with E-state index in [1.54, 1.807) is 29.7 Å². The Kier molecular flexibility index (Phi) is 5.40. The molecule has 0 saturated carbocycles. The normalized spacial score (nSPS) is 11.1. The molecule has 0 bridgehead atoms. The number of amides is 1. The average molecular weight is 444 g/mol. The van der Waals surface area contributed by atoms with E-state index < -0.39 is 11.9 Å². The Morgan fingerprint density at radius 3 is 2.57 bits per heavy atom. The summed E-state index contributed by atoms with van der Waals surface area (Å²) in [5.41, 5.74) is 1.81.